The van der Waals surface area contributed by atoms with Crippen molar-refractivity contribution >= 4 is 0 Å². The minimum absolute atomic E-state index is 0.135. The maximum Gasteiger partial charge on any atom is 0.139 e. The van der Waals surface area contributed by atoms with Crippen molar-refractivity contribution in [2.45, 2.75) is 51.0 Å². The van der Waals surface area contributed by atoms with Gasteiger partial charge in [0.2, 0.25) is 0 Å². The monoisotopic (exact) mass is 361 g/mol. The Morgan fingerprint density at radius 1 is 1.31 bits per heavy atom. The van der Waals surface area contributed by atoms with Crippen LogP contribution in [-0.2, 0) is 5.41 Å². The fourth-order valence-electron chi connectivity index (χ4n) is 3.07. The van der Waals surface area contributed by atoms with E-state index in [2.05, 4.69) is 41.1 Å². The van der Waals surface area contributed by atoms with E-state index >= 15 is 0 Å². The van der Waals surface area contributed by atoms with Gasteiger partial charge in [-0.25, -0.2) is 4.68 Å². The molecule has 3 heterocycles. The van der Waals surface area contributed by atoms with E-state index in [4.69, 9.17) is 4.74 Å². The van der Waals surface area contributed by atoms with Crippen molar-refractivity contribution in [2.24, 2.45) is 0 Å². The Hall–Kier alpha value is -2.02. The summed E-state index contributed by atoms with van der Waals surface area (Å²) in [5.41, 5.74) is 1.59. The molecule has 7 heteroatoms. The van der Waals surface area contributed by atoms with Crippen LogP contribution >= 0.6 is 0 Å². The van der Waals surface area contributed by atoms with E-state index in [1.165, 1.54) is 6.42 Å². The van der Waals surface area contributed by atoms with Crippen LogP contribution in [0.25, 0.3) is 5.69 Å². The number of aromatic nitrogens is 4. The number of hydrogen-bond donors (Lipinski definition) is 0. The summed E-state index contributed by atoms with van der Waals surface area (Å²) in [7, 11) is 2.11. The van der Waals surface area contributed by atoms with Crippen LogP contribution < -0.4 is 4.74 Å². The van der Waals surface area contributed by atoms with E-state index in [0.29, 0.717) is 19.1 Å². The molecule has 0 aliphatic carbocycles. The average molecular weight is 361 g/mol. The molecule has 26 heavy (non-hydrogen) atoms. The first-order chi connectivity index (χ1) is 12.5. The molecule has 1 aliphatic rings. The zero-order chi connectivity index (χ0) is 18.6. The van der Waals surface area contributed by atoms with Crippen LogP contribution in [0.2, 0.25) is 0 Å². The van der Waals surface area contributed by atoms with Crippen LogP contribution in [-0.4, -0.2) is 57.8 Å². The van der Waals surface area contributed by atoms with Gasteiger partial charge in [-0.1, -0.05) is 19.1 Å². The zero-order valence-electron chi connectivity index (χ0n) is 15.9. The first-order valence-electron chi connectivity index (χ1n) is 9.27. The van der Waals surface area contributed by atoms with Gasteiger partial charge in [0, 0.05) is 17.5 Å². The highest BCUT2D eigenvalue weighted by Gasteiger charge is 2.25. The molecule has 0 N–H and O–H groups in total. The van der Waals surface area contributed by atoms with Gasteiger partial charge in [0.25, 0.3) is 0 Å². The Bertz CT molecular complexity index is 717. The normalized spacial score (nSPS) is 17.9. The van der Waals surface area contributed by atoms with E-state index in [1.807, 2.05) is 12.3 Å². The van der Waals surface area contributed by atoms with Crippen LogP contribution in [0.15, 0.2) is 24.7 Å². The molecule has 0 radical (unpaired) electrons. The van der Waals surface area contributed by atoms with Crippen LogP contribution in [0.4, 0.5) is 4.39 Å². The molecule has 2 aromatic rings. The number of likely N-dealkylation sites (N-methyl/N-ethyl adjacent to an activating group) is 1. The highest BCUT2D eigenvalue weighted by atomic mass is 19.1. The van der Waals surface area contributed by atoms with Crippen molar-refractivity contribution in [2.75, 3.05) is 26.9 Å². The predicted octanol–water partition coefficient (Wildman–Crippen LogP) is 3.16. The number of ether oxygens (including phenoxy) is 1. The molecule has 0 aromatic carbocycles. The molecule has 0 unspecified atom stereocenters. The summed E-state index contributed by atoms with van der Waals surface area (Å²) in [5, 5.41) is 8.57. The SMILES string of the molecule is CN1CC[C@H]1COc1cncc(-n2cc(C(C)(C)CCCCF)nn2)c1. The molecule has 6 nitrogen and oxygen atoms in total. The molecule has 0 spiro atoms. The van der Waals surface area contributed by atoms with Gasteiger partial charge in [0.15, 0.2) is 0 Å². The largest absolute Gasteiger partial charge is 0.490 e. The fourth-order valence-corrected chi connectivity index (χ4v) is 3.07. The highest BCUT2D eigenvalue weighted by molar-refractivity contribution is 5.35. The second-order valence-corrected chi connectivity index (χ2v) is 7.69. The third-order valence-electron chi connectivity index (χ3n) is 5.22. The topological polar surface area (TPSA) is 56.1 Å². The van der Waals surface area contributed by atoms with E-state index in [9.17, 15) is 4.39 Å². The lowest BCUT2D eigenvalue weighted by molar-refractivity contribution is 0.0767. The Morgan fingerprint density at radius 3 is 2.85 bits per heavy atom. The second-order valence-electron chi connectivity index (χ2n) is 7.69. The van der Waals surface area contributed by atoms with Gasteiger partial charge in [-0.15, -0.1) is 5.10 Å². The summed E-state index contributed by atoms with van der Waals surface area (Å²) >= 11 is 0. The zero-order valence-corrected chi connectivity index (χ0v) is 15.9. The quantitative estimate of drug-likeness (QED) is 0.642. The number of likely N-dealkylation sites (tertiary alicyclic amines) is 1. The molecule has 0 bridgehead atoms. The van der Waals surface area contributed by atoms with E-state index in [-0.39, 0.29) is 12.1 Å². The molecule has 1 atom stereocenters. The summed E-state index contributed by atoms with van der Waals surface area (Å²) in [6, 6.07) is 2.42. The van der Waals surface area contributed by atoms with Gasteiger partial charge in [0.05, 0.1) is 36.6 Å². The lowest BCUT2D eigenvalue weighted by Gasteiger charge is -2.37. The predicted molar refractivity (Wildman–Crippen MR) is 98.5 cm³/mol. The fraction of sp³-hybridized carbons (Fsp3) is 0.632. The molecular formula is C19H28FN5O. The third-order valence-corrected chi connectivity index (χ3v) is 5.22. The number of rotatable bonds is 9. The van der Waals surface area contributed by atoms with E-state index in [1.54, 1.807) is 17.1 Å². The van der Waals surface area contributed by atoms with Crippen LogP contribution in [0, 0.1) is 0 Å². The number of halogens is 1. The summed E-state index contributed by atoms with van der Waals surface area (Å²) in [4.78, 5) is 6.55. The number of hydrogen-bond acceptors (Lipinski definition) is 5. The van der Waals surface area contributed by atoms with Crippen LogP contribution in [0.1, 0.15) is 45.2 Å². The number of unbranched alkanes of at least 4 members (excludes halogenated alkanes) is 1. The Labute approximate surface area is 154 Å². The summed E-state index contributed by atoms with van der Waals surface area (Å²) < 4.78 is 19.9. The summed E-state index contributed by atoms with van der Waals surface area (Å²) in [5.74, 6) is 0.738. The standard InChI is InChI=1S/C19H28FN5O/c1-19(2,7-4-5-8-20)18-13-25(23-22-18)16-10-17(12-21-11-16)26-14-15-6-9-24(15)3/h10-13,15H,4-9,14H2,1-3H3/t15-/m0/s1. The highest BCUT2D eigenvalue weighted by Crippen LogP contribution is 2.28. The lowest BCUT2D eigenvalue weighted by atomic mass is 9.84. The Morgan fingerprint density at radius 2 is 2.15 bits per heavy atom. The minimum Gasteiger partial charge on any atom is -0.490 e. The van der Waals surface area contributed by atoms with Crippen molar-refractivity contribution in [3.05, 3.63) is 30.4 Å². The van der Waals surface area contributed by atoms with Gasteiger partial charge in [0.1, 0.15) is 12.4 Å². The van der Waals surface area contributed by atoms with Gasteiger partial charge in [-0.05, 0) is 39.3 Å². The Kier molecular flexibility index (Phi) is 5.86. The molecule has 1 aliphatic heterocycles. The Balaban J connectivity index is 1.65. The first-order valence-corrected chi connectivity index (χ1v) is 9.27. The maximum atomic E-state index is 12.3. The molecule has 1 fully saturated rings. The van der Waals surface area contributed by atoms with Crippen molar-refractivity contribution in [3.8, 4) is 11.4 Å². The van der Waals surface area contributed by atoms with Crippen LogP contribution in [0.5, 0.6) is 5.75 Å². The van der Waals surface area contributed by atoms with Crippen molar-refractivity contribution in [1.82, 2.24) is 24.9 Å². The number of nitrogens with zero attached hydrogens (tertiary/aromatic N) is 5. The summed E-state index contributed by atoms with van der Waals surface area (Å²) in [6.45, 7) is 5.78. The first kappa shape index (κ1) is 18.8. The molecule has 1 saturated heterocycles. The van der Waals surface area contributed by atoms with Crippen LogP contribution in [0.3, 0.4) is 0 Å². The van der Waals surface area contributed by atoms with E-state index in [0.717, 1.165) is 36.5 Å². The van der Waals surface area contributed by atoms with Gasteiger partial charge in [-0.2, -0.15) is 0 Å². The van der Waals surface area contributed by atoms with Gasteiger partial charge >= 0.3 is 0 Å². The van der Waals surface area contributed by atoms with Gasteiger partial charge < -0.3 is 4.74 Å². The molecule has 0 amide bonds. The smallest absolute Gasteiger partial charge is 0.139 e. The average Bonchev–Trinajstić information content (AvgIpc) is 3.12. The molecule has 3 rings (SSSR count). The van der Waals surface area contributed by atoms with Gasteiger partial charge in [-0.3, -0.25) is 14.3 Å². The number of pyridine rings is 1. The van der Waals surface area contributed by atoms with Crippen molar-refractivity contribution in [3.63, 3.8) is 0 Å². The second kappa shape index (κ2) is 8.12. The molecule has 142 valence electrons. The minimum atomic E-state index is -0.266. The van der Waals surface area contributed by atoms with E-state index < -0.39 is 0 Å². The summed E-state index contributed by atoms with van der Waals surface area (Å²) in [6.07, 6.45) is 8.89. The van der Waals surface area contributed by atoms with Crippen molar-refractivity contribution in [1.29, 1.82) is 0 Å². The molecule has 0 saturated carbocycles. The number of alkyl halides is 1. The lowest BCUT2D eigenvalue weighted by Crippen LogP contribution is -2.48. The molecular weight excluding hydrogens is 333 g/mol. The maximum absolute atomic E-state index is 12.3. The molecule has 2 aromatic heterocycles. The van der Waals surface area contributed by atoms with Crippen molar-refractivity contribution < 1.29 is 9.13 Å². The third kappa shape index (κ3) is 4.38.